The van der Waals surface area contributed by atoms with Crippen LogP contribution in [0.25, 0.3) is 0 Å². The van der Waals surface area contributed by atoms with Crippen LogP contribution in [0.5, 0.6) is 6.01 Å². The second-order valence-electron chi connectivity index (χ2n) is 10.8. The predicted molar refractivity (Wildman–Crippen MR) is 147 cm³/mol. The Labute approximate surface area is 221 Å². The molecule has 6 rings (SSSR count). The second-order valence-corrected chi connectivity index (χ2v) is 10.8. The van der Waals surface area contributed by atoms with Crippen LogP contribution in [0.3, 0.4) is 0 Å². The fraction of sp³-hybridized carbons (Fsp3) is 0.621. The van der Waals surface area contributed by atoms with Crippen molar-refractivity contribution in [2.45, 2.75) is 63.5 Å². The number of fused-ring (bicyclic) bond motifs is 2. The lowest BCUT2D eigenvalue weighted by Gasteiger charge is -2.41. The van der Waals surface area contributed by atoms with E-state index in [0.717, 1.165) is 57.0 Å². The average molecular weight is 504 g/mol. The molecule has 37 heavy (non-hydrogen) atoms. The Hall–Kier alpha value is -2.89. The van der Waals surface area contributed by atoms with E-state index in [-0.39, 0.29) is 6.04 Å². The predicted octanol–water partition coefficient (Wildman–Crippen LogP) is 3.20. The lowest BCUT2D eigenvalue weighted by molar-refractivity contribution is 0.372. The maximum Gasteiger partial charge on any atom is 0.318 e. The number of para-hydroxylation sites is 1. The van der Waals surface area contributed by atoms with Crippen molar-refractivity contribution in [2.75, 3.05) is 63.2 Å². The Kier molecular flexibility index (Phi) is 8.42. The summed E-state index contributed by atoms with van der Waals surface area (Å²) in [4.78, 5) is 16.8. The molecule has 8 nitrogen and oxygen atoms in total. The third kappa shape index (κ3) is 6.00. The van der Waals surface area contributed by atoms with Crippen molar-refractivity contribution < 1.29 is 4.74 Å². The summed E-state index contributed by atoms with van der Waals surface area (Å²) in [6.45, 7) is 6.29. The van der Waals surface area contributed by atoms with Crippen molar-refractivity contribution in [3.05, 3.63) is 41.1 Å². The first-order valence-corrected chi connectivity index (χ1v) is 14.0. The van der Waals surface area contributed by atoms with E-state index in [1.165, 1.54) is 55.6 Å². The zero-order valence-electron chi connectivity index (χ0n) is 22.5. The Balaban J connectivity index is 0.000000412. The van der Waals surface area contributed by atoms with Gasteiger partial charge in [0.05, 0.1) is 25.3 Å². The summed E-state index contributed by atoms with van der Waals surface area (Å²) in [6.07, 6.45) is 8.72. The molecule has 0 saturated carbocycles. The summed E-state index contributed by atoms with van der Waals surface area (Å²) >= 11 is 0. The van der Waals surface area contributed by atoms with Crippen molar-refractivity contribution in [1.29, 1.82) is 5.26 Å². The van der Waals surface area contributed by atoms with Gasteiger partial charge in [0.1, 0.15) is 5.82 Å². The van der Waals surface area contributed by atoms with Crippen LogP contribution in [0.2, 0.25) is 0 Å². The Morgan fingerprint density at radius 2 is 1.92 bits per heavy atom. The summed E-state index contributed by atoms with van der Waals surface area (Å²) in [5.74, 6) is 1.00. The zero-order chi connectivity index (χ0) is 25.6. The number of rotatable bonds is 4. The monoisotopic (exact) mass is 503 g/mol. The van der Waals surface area contributed by atoms with Crippen molar-refractivity contribution >= 4 is 11.5 Å². The van der Waals surface area contributed by atoms with Crippen molar-refractivity contribution in [1.82, 2.24) is 20.2 Å². The molecule has 2 unspecified atom stereocenters. The first-order valence-electron chi connectivity index (χ1n) is 14.0. The lowest BCUT2D eigenvalue weighted by Crippen LogP contribution is -2.51. The molecule has 2 atom stereocenters. The molecule has 2 aromatic rings. The van der Waals surface area contributed by atoms with E-state index in [1.54, 1.807) is 7.11 Å². The van der Waals surface area contributed by atoms with Gasteiger partial charge in [-0.2, -0.15) is 15.2 Å². The molecule has 1 N–H and O–H groups in total. The van der Waals surface area contributed by atoms with Gasteiger partial charge in [0.25, 0.3) is 0 Å². The number of benzene rings is 1. The van der Waals surface area contributed by atoms with Crippen molar-refractivity contribution in [3.8, 4) is 12.1 Å². The number of nitriles is 1. The molecule has 0 amide bonds. The van der Waals surface area contributed by atoms with Gasteiger partial charge in [-0.25, -0.2) is 0 Å². The van der Waals surface area contributed by atoms with Gasteiger partial charge in [0, 0.05) is 55.9 Å². The van der Waals surface area contributed by atoms with Crippen LogP contribution in [0, 0.1) is 11.3 Å². The number of methoxy groups -OCH3 is 1. The topological polar surface area (TPSA) is 80.5 Å². The first kappa shape index (κ1) is 25.7. The third-order valence-corrected chi connectivity index (χ3v) is 8.20. The van der Waals surface area contributed by atoms with E-state index >= 15 is 0 Å². The van der Waals surface area contributed by atoms with Crippen molar-refractivity contribution in [3.63, 3.8) is 0 Å². The summed E-state index contributed by atoms with van der Waals surface area (Å²) in [5.41, 5.74) is 5.24. The fourth-order valence-electron chi connectivity index (χ4n) is 6.26. The molecule has 0 bridgehead atoms. The summed E-state index contributed by atoms with van der Waals surface area (Å²) in [6, 6.07) is 12.2. The van der Waals surface area contributed by atoms with Crippen LogP contribution in [0.4, 0.5) is 11.5 Å². The smallest absolute Gasteiger partial charge is 0.318 e. The molecule has 1 aromatic carbocycles. The van der Waals surface area contributed by atoms with E-state index in [1.807, 2.05) is 0 Å². The number of aromatic nitrogens is 2. The number of hydrogen-bond acceptors (Lipinski definition) is 8. The molecule has 1 aliphatic carbocycles. The Bertz CT molecular complexity index is 1090. The van der Waals surface area contributed by atoms with Crippen LogP contribution in [0.15, 0.2) is 24.3 Å². The molecule has 4 heterocycles. The van der Waals surface area contributed by atoms with E-state index in [4.69, 9.17) is 20.0 Å². The number of anilines is 2. The molecule has 4 aliphatic rings. The molecule has 0 spiro atoms. The average Bonchev–Trinajstić information content (AvgIpc) is 3.43. The number of likely N-dealkylation sites (tertiary alicyclic amines) is 1. The van der Waals surface area contributed by atoms with Gasteiger partial charge in [0.15, 0.2) is 0 Å². The standard InChI is InChI=1S/C24H30N6O.C5H11N/c1-31-24-27-21-15-19(30-13-4-6-17-5-2-3-7-22(17)30)8-9-20(21)23(28-24)29-14-12-26-18(16-29)10-11-25;1-6-4-2-3-5-6/h2-3,5,7,18-19,26H,4,6,8-10,12-16H2,1H3;2-5H2,1H3. The highest BCUT2D eigenvalue weighted by Gasteiger charge is 2.32. The van der Waals surface area contributed by atoms with Gasteiger partial charge in [-0.3, -0.25) is 0 Å². The Morgan fingerprint density at radius 1 is 1.08 bits per heavy atom. The zero-order valence-corrected chi connectivity index (χ0v) is 22.5. The largest absolute Gasteiger partial charge is 0.467 e. The van der Waals surface area contributed by atoms with Gasteiger partial charge in [-0.05, 0) is 70.3 Å². The van der Waals surface area contributed by atoms with E-state index in [9.17, 15) is 0 Å². The van der Waals surface area contributed by atoms with E-state index < -0.39 is 0 Å². The maximum absolute atomic E-state index is 9.11. The van der Waals surface area contributed by atoms with Crippen molar-refractivity contribution in [2.24, 2.45) is 0 Å². The van der Waals surface area contributed by atoms with Gasteiger partial charge < -0.3 is 24.8 Å². The molecule has 198 valence electrons. The molecule has 1 aromatic heterocycles. The summed E-state index contributed by atoms with van der Waals surface area (Å²) in [7, 11) is 3.82. The first-order chi connectivity index (χ1) is 18.2. The molecule has 3 aliphatic heterocycles. The summed E-state index contributed by atoms with van der Waals surface area (Å²) in [5, 5.41) is 12.6. The molecule has 2 saturated heterocycles. The van der Waals surface area contributed by atoms with Crippen LogP contribution < -0.4 is 19.9 Å². The fourth-order valence-corrected chi connectivity index (χ4v) is 6.26. The Morgan fingerprint density at radius 3 is 2.68 bits per heavy atom. The van der Waals surface area contributed by atoms with Crippen LogP contribution in [-0.4, -0.2) is 80.4 Å². The number of nitrogens with zero attached hydrogens (tertiary/aromatic N) is 6. The maximum atomic E-state index is 9.11. The number of aryl methyl sites for hydroxylation is 1. The molecule has 0 radical (unpaired) electrons. The minimum atomic E-state index is 0.177. The van der Waals surface area contributed by atoms with Gasteiger partial charge in [-0.1, -0.05) is 18.2 Å². The summed E-state index contributed by atoms with van der Waals surface area (Å²) < 4.78 is 5.49. The second kappa shape index (κ2) is 12.1. The number of ether oxygens (including phenoxy) is 1. The number of hydrogen-bond donors (Lipinski definition) is 1. The van der Waals surface area contributed by atoms with Crippen LogP contribution >= 0.6 is 0 Å². The highest BCUT2D eigenvalue weighted by molar-refractivity contribution is 5.58. The van der Waals surface area contributed by atoms with Crippen LogP contribution in [0.1, 0.15) is 48.9 Å². The lowest BCUT2D eigenvalue weighted by atomic mass is 9.88. The normalized spacial score (nSPS) is 23.4. The minimum Gasteiger partial charge on any atom is -0.467 e. The molecule has 2 fully saturated rings. The third-order valence-electron chi connectivity index (χ3n) is 8.20. The van der Waals surface area contributed by atoms with Crippen LogP contribution in [-0.2, 0) is 19.3 Å². The molecular weight excluding hydrogens is 462 g/mol. The molecular formula is C29H41N7O. The highest BCUT2D eigenvalue weighted by Crippen LogP contribution is 2.36. The number of nitrogens with one attached hydrogen (secondary N) is 1. The van der Waals surface area contributed by atoms with Gasteiger partial charge in [0.2, 0.25) is 0 Å². The van der Waals surface area contributed by atoms with Gasteiger partial charge >= 0.3 is 6.01 Å². The van der Waals surface area contributed by atoms with E-state index in [2.05, 4.69) is 57.4 Å². The highest BCUT2D eigenvalue weighted by atomic mass is 16.5. The SMILES string of the molecule is CN1CCCC1.COc1nc2c(c(N3CCNC(CC#N)C3)n1)CCC(N1CCCc3ccccc31)C2. The van der Waals surface area contributed by atoms with Gasteiger partial charge in [-0.15, -0.1) is 0 Å². The minimum absolute atomic E-state index is 0.177. The van der Waals surface area contributed by atoms with E-state index in [0.29, 0.717) is 18.5 Å². The molecule has 8 heteroatoms. The quantitative estimate of drug-likeness (QED) is 0.682. The number of piperazine rings is 1.